The number of benzene rings is 2. The van der Waals surface area contributed by atoms with Crippen LogP contribution in [0.5, 0.6) is 0 Å². The summed E-state index contributed by atoms with van der Waals surface area (Å²) < 4.78 is 13.3. The number of rotatable bonds is 5. The van der Waals surface area contributed by atoms with Gasteiger partial charge in [-0.3, -0.25) is 0 Å². The van der Waals surface area contributed by atoms with E-state index in [4.69, 9.17) is 5.73 Å². The third-order valence-electron chi connectivity index (χ3n) is 2.68. The summed E-state index contributed by atoms with van der Waals surface area (Å²) in [5.74, 6) is 0.792. The molecule has 0 radical (unpaired) electrons. The van der Waals surface area contributed by atoms with Gasteiger partial charge in [0.25, 0.3) is 0 Å². The Bertz CT molecular complexity index is 496. The minimum Gasteiger partial charge on any atom is -0.399 e. The minimum atomic E-state index is -0.130. The van der Waals surface area contributed by atoms with Crippen molar-refractivity contribution in [1.29, 1.82) is 0 Å². The van der Waals surface area contributed by atoms with E-state index in [9.17, 15) is 4.39 Å². The standard InChI is InChI=1S/C15H16FNS/c16-14-5-1-2-6-15(14)18-11-3-4-12-7-9-13(17)10-8-12/h1-2,5-10H,3-4,11,17H2. The monoisotopic (exact) mass is 261 g/mol. The number of hydrogen-bond acceptors (Lipinski definition) is 2. The summed E-state index contributed by atoms with van der Waals surface area (Å²) in [6.45, 7) is 0. The quantitative estimate of drug-likeness (QED) is 0.497. The molecule has 0 fully saturated rings. The van der Waals surface area contributed by atoms with E-state index in [0.29, 0.717) is 0 Å². The Labute approximate surface area is 111 Å². The molecule has 2 aromatic carbocycles. The molecule has 0 saturated carbocycles. The Morgan fingerprint density at radius 2 is 1.72 bits per heavy atom. The summed E-state index contributed by atoms with van der Waals surface area (Å²) in [6.07, 6.45) is 2.03. The summed E-state index contributed by atoms with van der Waals surface area (Å²) in [7, 11) is 0. The van der Waals surface area contributed by atoms with Crippen molar-refractivity contribution < 1.29 is 4.39 Å². The largest absolute Gasteiger partial charge is 0.399 e. The van der Waals surface area contributed by atoms with Crippen molar-refractivity contribution in [3.05, 3.63) is 59.9 Å². The summed E-state index contributed by atoms with van der Waals surface area (Å²) in [5, 5.41) is 0. The van der Waals surface area contributed by atoms with Gasteiger partial charge in [0.1, 0.15) is 5.82 Å². The van der Waals surface area contributed by atoms with Gasteiger partial charge in [-0.2, -0.15) is 0 Å². The molecular formula is C15H16FNS. The Kier molecular flexibility index (Phi) is 4.65. The van der Waals surface area contributed by atoms with E-state index in [0.717, 1.165) is 29.2 Å². The zero-order valence-corrected chi connectivity index (χ0v) is 10.9. The molecule has 0 amide bonds. The van der Waals surface area contributed by atoms with E-state index in [1.54, 1.807) is 17.8 Å². The molecule has 2 rings (SSSR count). The van der Waals surface area contributed by atoms with E-state index in [2.05, 4.69) is 0 Å². The molecular weight excluding hydrogens is 245 g/mol. The Balaban J connectivity index is 1.76. The number of halogens is 1. The number of nitrogen functional groups attached to an aromatic ring is 1. The van der Waals surface area contributed by atoms with Gasteiger partial charge in [0.05, 0.1) is 0 Å². The van der Waals surface area contributed by atoms with Gasteiger partial charge in [0.15, 0.2) is 0 Å². The van der Waals surface area contributed by atoms with Crippen LogP contribution >= 0.6 is 11.8 Å². The van der Waals surface area contributed by atoms with Gasteiger partial charge in [-0.15, -0.1) is 11.8 Å². The molecule has 0 aliphatic heterocycles. The molecule has 2 aromatic rings. The third kappa shape index (κ3) is 3.77. The average molecular weight is 261 g/mol. The number of thioether (sulfide) groups is 1. The summed E-state index contributed by atoms with van der Waals surface area (Å²) in [4.78, 5) is 0.731. The lowest BCUT2D eigenvalue weighted by atomic mass is 10.1. The molecule has 0 heterocycles. The molecule has 0 unspecified atom stereocenters. The average Bonchev–Trinajstić information content (AvgIpc) is 2.39. The van der Waals surface area contributed by atoms with Crippen molar-refractivity contribution in [2.24, 2.45) is 0 Å². The highest BCUT2D eigenvalue weighted by Crippen LogP contribution is 2.22. The molecule has 0 atom stereocenters. The number of anilines is 1. The molecule has 1 nitrogen and oxygen atoms in total. The molecule has 0 spiro atoms. The lowest BCUT2D eigenvalue weighted by molar-refractivity contribution is 0.602. The van der Waals surface area contributed by atoms with E-state index in [-0.39, 0.29) is 5.82 Å². The van der Waals surface area contributed by atoms with Crippen LogP contribution in [0.4, 0.5) is 10.1 Å². The van der Waals surface area contributed by atoms with Crippen molar-refractivity contribution in [1.82, 2.24) is 0 Å². The summed E-state index contributed by atoms with van der Waals surface area (Å²) >= 11 is 1.57. The predicted molar refractivity (Wildman–Crippen MR) is 76.3 cm³/mol. The van der Waals surface area contributed by atoms with Crippen LogP contribution < -0.4 is 5.73 Å². The lowest BCUT2D eigenvalue weighted by Crippen LogP contribution is -1.90. The zero-order chi connectivity index (χ0) is 12.8. The van der Waals surface area contributed by atoms with Crippen molar-refractivity contribution in [3.63, 3.8) is 0 Å². The highest BCUT2D eigenvalue weighted by Gasteiger charge is 2.01. The van der Waals surface area contributed by atoms with Crippen LogP contribution in [0.25, 0.3) is 0 Å². The van der Waals surface area contributed by atoms with Crippen LogP contribution in [-0.2, 0) is 6.42 Å². The molecule has 0 saturated heterocycles. The van der Waals surface area contributed by atoms with Gasteiger partial charge in [0, 0.05) is 10.6 Å². The SMILES string of the molecule is Nc1ccc(CCCSc2ccccc2F)cc1. The molecule has 94 valence electrons. The first-order valence-corrected chi connectivity index (χ1v) is 6.96. The van der Waals surface area contributed by atoms with Gasteiger partial charge < -0.3 is 5.73 Å². The zero-order valence-electron chi connectivity index (χ0n) is 10.1. The Morgan fingerprint density at radius 3 is 2.44 bits per heavy atom. The van der Waals surface area contributed by atoms with E-state index in [1.165, 1.54) is 11.6 Å². The second-order valence-electron chi connectivity index (χ2n) is 4.12. The molecule has 0 aliphatic carbocycles. The van der Waals surface area contributed by atoms with Crippen molar-refractivity contribution in [2.45, 2.75) is 17.7 Å². The number of nitrogens with two attached hydrogens (primary N) is 1. The number of hydrogen-bond donors (Lipinski definition) is 1. The number of aryl methyl sites for hydroxylation is 1. The third-order valence-corrected chi connectivity index (χ3v) is 3.82. The molecule has 0 aromatic heterocycles. The van der Waals surface area contributed by atoms with Crippen molar-refractivity contribution in [2.75, 3.05) is 11.5 Å². The van der Waals surface area contributed by atoms with Crippen LogP contribution in [0.15, 0.2) is 53.4 Å². The second-order valence-corrected chi connectivity index (χ2v) is 5.26. The van der Waals surface area contributed by atoms with Crippen LogP contribution in [0.2, 0.25) is 0 Å². The second kappa shape index (κ2) is 6.45. The first-order valence-electron chi connectivity index (χ1n) is 5.97. The van der Waals surface area contributed by atoms with Crippen LogP contribution in [-0.4, -0.2) is 5.75 Å². The fourth-order valence-corrected chi connectivity index (χ4v) is 2.59. The van der Waals surface area contributed by atoms with Gasteiger partial charge in [0.2, 0.25) is 0 Å². The van der Waals surface area contributed by atoms with Crippen LogP contribution in [0.1, 0.15) is 12.0 Å². The predicted octanol–water partition coefficient (Wildman–Crippen LogP) is 4.13. The summed E-state index contributed by atoms with van der Waals surface area (Å²) in [5.41, 5.74) is 7.70. The highest BCUT2D eigenvalue weighted by atomic mass is 32.2. The molecule has 18 heavy (non-hydrogen) atoms. The van der Waals surface area contributed by atoms with Gasteiger partial charge in [-0.25, -0.2) is 4.39 Å². The maximum atomic E-state index is 13.3. The first-order chi connectivity index (χ1) is 8.75. The molecule has 0 bridgehead atoms. The normalized spacial score (nSPS) is 10.5. The summed E-state index contributed by atoms with van der Waals surface area (Å²) in [6, 6.07) is 14.8. The lowest BCUT2D eigenvalue weighted by Gasteiger charge is -2.04. The van der Waals surface area contributed by atoms with Gasteiger partial charge in [-0.05, 0) is 48.4 Å². The highest BCUT2D eigenvalue weighted by molar-refractivity contribution is 7.99. The van der Waals surface area contributed by atoms with E-state index in [1.807, 2.05) is 36.4 Å². The molecule has 2 N–H and O–H groups in total. The van der Waals surface area contributed by atoms with Crippen LogP contribution in [0, 0.1) is 5.82 Å². The van der Waals surface area contributed by atoms with Crippen molar-refractivity contribution >= 4 is 17.4 Å². The maximum Gasteiger partial charge on any atom is 0.136 e. The molecule has 0 aliphatic rings. The topological polar surface area (TPSA) is 26.0 Å². The fraction of sp³-hybridized carbons (Fsp3) is 0.200. The Hall–Kier alpha value is -1.48. The van der Waals surface area contributed by atoms with Crippen molar-refractivity contribution in [3.8, 4) is 0 Å². The van der Waals surface area contributed by atoms with E-state index < -0.39 is 0 Å². The first kappa shape index (κ1) is 13.0. The minimum absolute atomic E-state index is 0.130. The molecule has 3 heteroatoms. The Morgan fingerprint density at radius 1 is 1.00 bits per heavy atom. The van der Waals surface area contributed by atoms with E-state index >= 15 is 0 Å². The van der Waals surface area contributed by atoms with Gasteiger partial charge in [-0.1, -0.05) is 24.3 Å². The van der Waals surface area contributed by atoms with Crippen LogP contribution in [0.3, 0.4) is 0 Å². The maximum absolute atomic E-state index is 13.3. The fourth-order valence-electron chi connectivity index (χ4n) is 1.70. The smallest absolute Gasteiger partial charge is 0.136 e. The van der Waals surface area contributed by atoms with Gasteiger partial charge >= 0.3 is 0 Å².